The van der Waals surface area contributed by atoms with Gasteiger partial charge in [0.1, 0.15) is 11.6 Å². The number of aromatic nitrogens is 1. The molecule has 0 saturated carbocycles. The van der Waals surface area contributed by atoms with Crippen LogP contribution in [0.1, 0.15) is 35.5 Å². The van der Waals surface area contributed by atoms with Crippen LogP contribution < -0.4 is 5.32 Å². The van der Waals surface area contributed by atoms with Crippen molar-refractivity contribution in [2.24, 2.45) is 0 Å². The summed E-state index contributed by atoms with van der Waals surface area (Å²) in [5.41, 5.74) is 2.96. The first-order valence-corrected chi connectivity index (χ1v) is 6.97. The average Bonchev–Trinajstić information content (AvgIpc) is 2.70. The number of nitrogens with one attached hydrogen (secondary N) is 1. The topological polar surface area (TPSA) is 38.1 Å². The van der Waals surface area contributed by atoms with Gasteiger partial charge in [0.15, 0.2) is 0 Å². The van der Waals surface area contributed by atoms with Gasteiger partial charge in [0.2, 0.25) is 0 Å². The summed E-state index contributed by atoms with van der Waals surface area (Å²) in [6.07, 6.45) is 0.838. The maximum absolute atomic E-state index is 13.0. The highest BCUT2D eigenvalue weighted by atomic mass is 35.5. The van der Waals surface area contributed by atoms with Crippen LogP contribution in [0.25, 0.3) is 0 Å². The largest absolute Gasteiger partial charge is 0.361 e. The normalized spacial score (nSPS) is 12.7. The van der Waals surface area contributed by atoms with Crippen molar-refractivity contribution in [2.45, 2.75) is 33.2 Å². The fourth-order valence-electron chi connectivity index (χ4n) is 2.24. The van der Waals surface area contributed by atoms with Crippen LogP contribution in [0.15, 0.2) is 22.7 Å². The van der Waals surface area contributed by atoms with Crippen molar-refractivity contribution in [3.8, 4) is 0 Å². The summed E-state index contributed by atoms with van der Waals surface area (Å²) in [5.74, 6) is 0.540. The second-order valence-corrected chi connectivity index (χ2v) is 5.30. The van der Waals surface area contributed by atoms with E-state index in [0.29, 0.717) is 5.02 Å². The molecule has 1 aromatic carbocycles. The van der Waals surface area contributed by atoms with E-state index >= 15 is 0 Å². The van der Waals surface area contributed by atoms with E-state index in [9.17, 15) is 4.39 Å². The van der Waals surface area contributed by atoms with Gasteiger partial charge in [0.25, 0.3) is 0 Å². The Labute approximate surface area is 123 Å². The number of rotatable bonds is 5. The Morgan fingerprint density at radius 1 is 1.40 bits per heavy atom. The number of aryl methyl sites for hydroxylation is 2. The van der Waals surface area contributed by atoms with Gasteiger partial charge >= 0.3 is 0 Å². The Morgan fingerprint density at radius 2 is 2.15 bits per heavy atom. The molecule has 0 bridgehead atoms. The van der Waals surface area contributed by atoms with Crippen LogP contribution in [0, 0.1) is 19.7 Å². The summed E-state index contributed by atoms with van der Waals surface area (Å²) in [5, 5.41) is 7.75. The maximum Gasteiger partial charge on any atom is 0.137 e. The second-order valence-electron chi connectivity index (χ2n) is 4.89. The minimum Gasteiger partial charge on any atom is -0.361 e. The fourth-order valence-corrected chi connectivity index (χ4v) is 2.57. The minimum atomic E-state index is -0.318. The molecule has 0 fully saturated rings. The molecule has 5 heteroatoms. The number of nitrogens with zero attached hydrogens (tertiary/aromatic N) is 1. The van der Waals surface area contributed by atoms with Gasteiger partial charge < -0.3 is 9.84 Å². The molecule has 20 heavy (non-hydrogen) atoms. The van der Waals surface area contributed by atoms with E-state index < -0.39 is 0 Å². The van der Waals surface area contributed by atoms with Crippen LogP contribution in [0.4, 0.5) is 4.39 Å². The molecule has 3 nitrogen and oxygen atoms in total. The van der Waals surface area contributed by atoms with Crippen LogP contribution in [0.3, 0.4) is 0 Å². The average molecular weight is 297 g/mol. The molecule has 0 amide bonds. The Balaban J connectivity index is 1.94. The van der Waals surface area contributed by atoms with Gasteiger partial charge in [-0.1, -0.05) is 22.8 Å². The lowest BCUT2D eigenvalue weighted by atomic mass is 10.1. The third-order valence-electron chi connectivity index (χ3n) is 3.44. The van der Waals surface area contributed by atoms with Crippen LogP contribution in [-0.4, -0.2) is 11.7 Å². The molecule has 0 radical (unpaired) electrons. The molecule has 1 N–H and O–H groups in total. The molecule has 1 heterocycles. The van der Waals surface area contributed by atoms with E-state index in [0.717, 1.165) is 35.5 Å². The number of benzene rings is 1. The van der Waals surface area contributed by atoms with Gasteiger partial charge in [0, 0.05) is 16.6 Å². The quantitative estimate of drug-likeness (QED) is 0.907. The fraction of sp³-hybridized carbons (Fsp3) is 0.400. The smallest absolute Gasteiger partial charge is 0.137 e. The summed E-state index contributed by atoms with van der Waals surface area (Å²) in [6.45, 7) is 6.63. The van der Waals surface area contributed by atoms with Crippen LogP contribution in [-0.2, 0) is 6.42 Å². The molecule has 0 aliphatic carbocycles. The lowest BCUT2D eigenvalue weighted by molar-refractivity contribution is 0.392. The van der Waals surface area contributed by atoms with Gasteiger partial charge in [0.05, 0.1) is 5.69 Å². The molecular formula is C15H18ClFN2O. The third-order valence-corrected chi connectivity index (χ3v) is 3.76. The zero-order valence-electron chi connectivity index (χ0n) is 11.8. The second kappa shape index (κ2) is 6.37. The zero-order valence-corrected chi connectivity index (χ0v) is 12.6. The van der Waals surface area contributed by atoms with E-state index in [2.05, 4.69) is 10.5 Å². The van der Waals surface area contributed by atoms with Gasteiger partial charge in [-0.3, -0.25) is 0 Å². The minimum absolute atomic E-state index is 0.0589. The van der Waals surface area contributed by atoms with E-state index in [4.69, 9.17) is 16.1 Å². The SMILES string of the molecule is Cc1noc(C)c1CCN[C@H](C)c1ccc(F)cc1Cl. The van der Waals surface area contributed by atoms with Gasteiger partial charge in [-0.25, -0.2) is 4.39 Å². The molecule has 0 unspecified atom stereocenters. The molecular weight excluding hydrogens is 279 g/mol. The van der Waals surface area contributed by atoms with Crippen molar-refractivity contribution in [1.82, 2.24) is 10.5 Å². The molecule has 2 aromatic rings. The first kappa shape index (κ1) is 15.0. The molecule has 0 saturated heterocycles. The molecule has 0 aliphatic rings. The van der Waals surface area contributed by atoms with Gasteiger partial charge in [-0.05, 0) is 51.4 Å². The van der Waals surface area contributed by atoms with Gasteiger partial charge in [-0.2, -0.15) is 0 Å². The first-order valence-electron chi connectivity index (χ1n) is 6.59. The highest BCUT2D eigenvalue weighted by molar-refractivity contribution is 6.31. The Hall–Kier alpha value is -1.39. The summed E-state index contributed by atoms with van der Waals surface area (Å²) in [7, 11) is 0. The standard InChI is InChI=1S/C15H18ClFN2O/c1-9(14-5-4-12(17)8-15(14)16)18-7-6-13-10(2)19-20-11(13)3/h4-5,8-9,18H,6-7H2,1-3H3/t9-/m1/s1. The Bertz CT molecular complexity index is 578. The van der Waals surface area contributed by atoms with Crippen molar-refractivity contribution < 1.29 is 8.91 Å². The summed E-state index contributed by atoms with van der Waals surface area (Å²) in [6, 6.07) is 4.53. The highest BCUT2D eigenvalue weighted by Gasteiger charge is 2.12. The first-order chi connectivity index (χ1) is 9.49. The van der Waals surface area contributed by atoms with Crippen molar-refractivity contribution in [1.29, 1.82) is 0 Å². The predicted molar refractivity (Wildman–Crippen MR) is 77.5 cm³/mol. The molecule has 1 aromatic heterocycles. The number of halogens is 2. The predicted octanol–water partition coefficient (Wildman–Crippen LogP) is 3.98. The monoisotopic (exact) mass is 296 g/mol. The molecule has 0 aliphatic heterocycles. The van der Waals surface area contributed by atoms with E-state index in [1.54, 1.807) is 6.07 Å². The highest BCUT2D eigenvalue weighted by Crippen LogP contribution is 2.23. The number of hydrogen-bond acceptors (Lipinski definition) is 3. The lowest BCUT2D eigenvalue weighted by Gasteiger charge is -2.15. The zero-order chi connectivity index (χ0) is 14.7. The van der Waals surface area contributed by atoms with E-state index in [-0.39, 0.29) is 11.9 Å². The van der Waals surface area contributed by atoms with E-state index in [1.165, 1.54) is 12.1 Å². The maximum atomic E-state index is 13.0. The lowest BCUT2D eigenvalue weighted by Crippen LogP contribution is -2.22. The van der Waals surface area contributed by atoms with Crippen molar-refractivity contribution >= 4 is 11.6 Å². The molecule has 2 rings (SSSR count). The molecule has 1 atom stereocenters. The van der Waals surface area contributed by atoms with Crippen molar-refractivity contribution in [2.75, 3.05) is 6.54 Å². The Kier molecular flexibility index (Phi) is 4.78. The van der Waals surface area contributed by atoms with Crippen LogP contribution >= 0.6 is 11.6 Å². The van der Waals surface area contributed by atoms with Crippen LogP contribution in [0.5, 0.6) is 0 Å². The summed E-state index contributed by atoms with van der Waals surface area (Å²) in [4.78, 5) is 0. The Morgan fingerprint density at radius 3 is 2.75 bits per heavy atom. The summed E-state index contributed by atoms with van der Waals surface area (Å²) < 4.78 is 18.1. The summed E-state index contributed by atoms with van der Waals surface area (Å²) >= 11 is 6.05. The number of hydrogen-bond donors (Lipinski definition) is 1. The molecule has 0 spiro atoms. The van der Waals surface area contributed by atoms with Crippen LogP contribution in [0.2, 0.25) is 5.02 Å². The van der Waals surface area contributed by atoms with Crippen molar-refractivity contribution in [3.05, 3.63) is 51.6 Å². The molecule has 108 valence electrons. The van der Waals surface area contributed by atoms with Crippen molar-refractivity contribution in [3.63, 3.8) is 0 Å². The van der Waals surface area contributed by atoms with E-state index in [1.807, 2.05) is 20.8 Å². The third kappa shape index (κ3) is 3.38. The van der Waals surface area contributed by atoms with Gasteiger partial charge in [-0.15, -0.1) is 0 Å².